The van der Waals surface area contributed by atoms with E-state index >= 15 is 0 Å². The zero-order chi connectivity index (χ0) is 21.5. The maximum atomic E-state index is 12.9. The molecule has 1 amide bonds. The molecule has 0 saturated carbocycles. The Labute approximate surface area is 181 Å². The summed E-state index contributed by atoms with van der Waals surface area (Å²) in [4.78, 5) is 24.4. The second kappa shape index (κ2) is 10.5. The van der Waals surface area contributed by atoms with Gasteiger partial charge in [-0.15, -0.1) is 0 Å². The average molecular weight is 432 g/mol. The number of rotatable bonds is 8. The van der Waals surface area contributed by atoms with Crippen molar-refractivity contribution in [2.45, 2.75) is 32.2 Å². The van der Waals surface area contributed by atoms with Gasteiger partial charge in [0.1, 0.15) is 5.75 Å². The van der Waals surface area contributed by atoms with Crippen molar-refractivity contribution in [1.82, 2.24) is 5.32 Å². The first-order valence-electron chi connectivity index (χ1n) is 10.1. The number of hydrogen-bond donors (Lipinski definition) is 2. The molecular weight excluding hydrogens is 406 g/mol. The molecule has 1 heterocycles. The van der Waals surface area contributed by atoms with Crippen molar-refractivity contribution in [1.29, 1.82) is 0 Å². The second-order valence-electron chi connectivity index (χ2n) is 7.42. The average Bonchev–Trinajstić information content (AvgIpc) is 2.75. The molecular formula is C23H26ClNO5. The number of ether oxygens (including phenoxy) is 2. The van der Waals surface area contributed by atoms with Crippen molar-refractivity contribution in [3.05, 3.63) is 64.2 Å². The van der Waals surface area contributed by atoms with Crippen LogP contribution >= 0.6 is 11.6 Å². The lowest BCUT2D eigenvalue weighted by Crippen LogP contribution is -2.28. The molecule has 2 aromatic carbocycles. The largest absolute Gasteiger partial charge is 0.493 e. The van der Waals surface area contributed by atoms with E-state index in [1.54, 1.807) is 43.3 Å². The number of amides is 1. The van der Waals surface area contributed by atoms with Crippen LogP contribution in [-0.2, 0) is 4.74 Å². The fourth-order valence-corrected chi connectivity index (χ4v) is 3.77. The Balaban J connectivity index is 1.69. The van der Waals surface area contributed by atoms with Crippen molar-refractivity contribution < 1.29 is 24.2 Å². The molecule has 0 radical (unpaired) electrons. The summed E-state index contributed by atoms with van der Waals surface area (Å²) >= 11 is 6.11. The normalized spacial score (nSPS) is 15.4. The molecule has 30 heavy (non-hydrogen) atoms. The van der Waals surface area contributed by atoms with E-state index in [4.69, 9.17) is 21.1 Å². The van der Waals surface area contributed by atoms with Gasteiger partial charge in [0.05, 0.1) is 23.8 Å². The summed E-state index contributed by atoms with van der Waals surface area (Å²) < 4.78 is 11.3. The van der Waals surface area contributed by atoms with Crippen molar-refractivity contribution in [3.63, 3.8) is 0 Å². The summed E-state index contributed by atoms with van der Waals surface area (Å²) in [6, 6.07) is 11.1. The van der Waals surface area contributed by atoms with Crippen LogP contribution in [0.25, 0.3) is 0 Å². The van der Waals surface area contributed by atoms with E-state index in [9.17, 15) is 14.7 Å². The van der Waals surface area contributed by atoms with Gasteiger partial charge in [0, 0.05) is 18.2 Å². The number of carbonyl (C=O) groups excluding carboxylic acids is 1. The highest BCUT2D eigenvalue weighted by molar-refractivity contribution is 6.31. The van der Waals surface area contributed by atoms with Gasteiger partial charge in [0.25, 0.3) is 5.91 Å². The number of carbonyl (C=O) groups is 2. The monoisotopic (exact) mass is 431 g/mol. The summed E-state index contributed by atoms with van der Waals surface area (Å²) in [5.41, 5.74) is 1.01. The lowest BCUT2D eigenvalue weighted by atomic mass is 9.97. The minimum Gasteiger partial charge on any atom is -0.493 e. The molecule has 1 saturated heterocycles. The third-order valence-electron chi connectivity index (χ3n) is 5.32. The molecule has 0 aliphatic carbocycles. The molecule has 0 aromatic heterocycles. The Kier molecular flexibility index (Phi) is 7.71. The zero-order valence-electron chi connectivity index (χ0n) is 16.9. The van der Waals surface area contributed by atoms with Crippen molar-refractivity contribution in [3.8, 4) is 5.75 Å². The summed E-state index contributed by atoms with van der Waals surface area (Å²) in [6.45, 7) is 3.82. The van der Waals surface area contributed by atoms with Crippen molar-refractivity contribution >= 4 is 23.5 Å². The van der Waals surface area contributed by atoms with E-state index in [0.717, 1.165) is 32.5 Å². The molecule has 1 aliphatic heterocycles. The number of halogens is 1. The Morgan fingerprint density at radius 2 is 1.93 bits per heavy atom. The highest BCUT2D eigenvalue weighted by atomic mass is 35.5. The number of carboxylic acids is 1. The standard InChI is InChI=1S/C23H26ClNO5/c1-15(18-4-2-3-5-19(18)23(27)28)25-22(26)20-14-17(24)6-7-21(20)30-13-10-16-8-11-29-12-9-16/h2-7,14-16H,8-13H2,1H3,(H,25,26)(H,27,28)/t15-/m0/s1. The molecule has 0 bridgehead atoms. The van der Waals surface area contributed by atoms with Crippen LogP contribution < -0.4 is 10.1 Å². The second-order valence-corrected chi connectivity index (χ2v) is 7.86. The van der Waals surface area contributed by atoms with E-state index in [-0.39, 0.29) is 11.5 Å². The van der Waals surface area contributed by atoms with Crippen LogP contribution in [0.4, 0.5) is 0 Å². The van der Waals surface area contributed by atoms with Gasteiger partial charge in [-0.05, 0) is 61.9 Å². The highest BCUT2D eigenvalue weighted by Crippen LogP contribution is 2.26. The van der Waals surface area contributed by atoms with Crippen LogP contribution in [0.5, 0.6) is 5.75 Å². The van der Waals surface area contributed by atoms with E-state index in [1.807, 2.05) is 0 Å². The molecule has 1 atom stereocenters. The van der Waals surface area contributed by atoms with E-state index < -0.39 is 12.0 Å². The van der Waals surface area contributed by atoms with Gasteiger partial charge in [0.2, 0.25) is 0 Å². The summed E-state index contributed by atoms with van der Waals surface area (Å²) in [5, 5.41) is 12.7. The van der Waals surface area contributed by atoms with Gasteiger partial charge in [0.15, 0.2) is 0 Å². The Bertz CT molecular complexity index is 895. The third-order valence-corrected chi connectivity index (χ3v) is 5.55. The number of hydrogen-bond acceptors (Lipinski definition) is 4. The van der Waals surface area contributed by atoms with Gasteiger partial charge in [-0.3, -0.25) is 4.79 Å². The predicted molar refractivity (Wildman–Crippen MR) is 114 cm³/mol. The maximum Gasteiger partial charge on any atom is 0.336 e. The minimum absolute atomic E-state index is 0.157. The van der Waals surface area contributed by atoms with Crippen LogP contribution in [0.15, 0.2) is 42.5 Å². The van der Waals surface area contributed by atoms with Crippen LogP contribution in [-0.4, -0.2) is 36.8 Å². The SMILES string of the molecule is C[C@H](NC(=O)c1cc(Cl)ccc1OCCC1CCOCC1)c1ccccc1C(=O)O. The first-order valence-corrected chi connectivity index (χ1v) is 10.5. The highest BCUT2D eigenvalue weighted by Gasteiger charge is 2.20. The lowest BCUT2D eigenvalue weighted by Gasteiger charge is -2.22. The van der Waals surface area contributed by atoms with E-state index in [1.165, 1.54) is 6.07 Å². The number of aromatic carboxylic acids is 1. The van der Waals surface area contributed by atoms with Crippen LogP contribution in [0.3, 0.4) is 0 Å². The molecule has 2 aromatic rings. The zero-order valence-corrected chi connectivity index (χ0v) is 17.7. The quantitative estimate of drug-likeness (QED) is 0.631. The summed E-state index contributed by atoms with van der Waals surface area (Å²) in [7, 11) is 0. The summed E-state index contributed by atoms with van der Waals surface area (Å²) in [6.07, 6.45) is 2.95. The molecule has 6 nitrogen and oxygen atoms in total. The Morgan fingerprint density at radius 3 is 2.67 bits per heavy atom. The van der Waals surface area contributed by atoms with Crippen molar-refractivity contribution in [2.75, 3.05) is 19.8 Å². The first kappa shape index (κ1) is 22.1. The molecule has 0 unspecified atom stereocenters. The van der Waals surface area contributed by atoms with Crippen LogP contribution in [0.2, 0.25) is 5.02 Å². The molecule has 1 aliphatic rings. The van der Waals surface area contributed by atoms with E-state index in [0.29, 0.717) is 34.4 Å². The minimum atomic E-state index is -1.04. The molecule has 160 valence electrons. The van der Waals surface area contributed by atoms with Gasteiger partial charge in [-0.25, -0.2) is 4.79 Å². The van der Waals surface area contributed by atoms with Crippen LogP contribution in [0, 0.1) is 5.92 Å². The molecule has 0 spiro atoms. The Hall–Kier alpha value is -2.57. The number of carboxylic acid groups (broad SMARTS) is 1. The fourth-order valence-electron chi connectivity index (χ4n) is 3.60. The first-order chi connectivity index (χ1) is 14.5. The lowest BCUT2D eigenvalue weighted by molar-refractivity contribution is 0.0592. The van der Waals surface area contributed by atoms with Crippen LogP contribution in [0.1, 0.15) is 58.5 Å². The predicted octanol–water partition coefficient (Wildman–Crippen LogP) is 4.72. The van der Waals surface area contributed by atoms with E-state index in [2.05, 4.69) is 5.32 Å². The van der Waals surface area contributed by atoms with Gasteiger partial charge >= 0.3 is 5.97 Å². The fraction of sp³-hybridized carbons (Fsp3) is 0.391. The third kappa shape index (κ3) is 5.74. The number of benzene rings is 2. The molecule has 2 N–H and O–H groups in total. The topological polar surface area (TPSA) is 84.9 Å². The maximum absolute atomic E-state index is 12.9. The van der Waals surface area contributed by atoms with Gasteiger partial charge < -0.3 is 19.9 Å². The smallest absolute Gasteiger partial charge is 0.336 e. The van der Waals surface area contributed by atoms with Gasteiger partial charge in [-0.2, -0.15) is 0 Å². The van der Waals surface area contributed by atoms with Gasteiger partial charge in [-0.1, -0.05) is 29.8 Å². The number of nitrogens with one attached hydrogen (secondary N) is 1. The molecule has 1 fully saturated rings. The Morgan fingerprint density at radius 1 is 1.20 bits per heavy atom. The molecule has 3 rings (SSSR count). The van der Waals surface area contributed by atoms with Crippen molar-refractivity contribution in [2.24, 2.45) is 5.92 Å². The molecule has 7 heteroatoms. The summed E-state index contributed by atoms with van der Waals surface area (Å²) in [5.74, 6) is -0.378.